The Hall–Kier alpha value is -0.380. The second kappa shape index (κ2) is 8.16. The van der Waals surface area contributed by atoms with E-state index in [1.807, 2.05) is 0 Å². The van der Waals surface area contributed by atoms with Crippen LogP contribution in [0.4, 0.5) is 0 Å². The Kier molecular flexibility index (Phi) is 6.53. The summed E-state index contributed by atoms with van der Waals surface area (Å²) < 4.78 is 7.06. The van der Waals surface area contributed by atoms with E-state index < -0.39 is 0 Å². The number of nitrogens with one attached hydrogen (secondary N) is 1. The van der Waals surface area contributed by atoms with Gasteiger partial charge in [-0.1, -0.05) is 41.9 Å². The van der Waals surface area contributed by atoms with Crippen LogP contribution < -0.4 is 5.32 Å². The maximum absolute atomic E-state index is 5.92. The van der Waals surface area contributed by atoms with Crippen molar-refractivity contribution < 1.29 is 4.74 Å². The standard InChI is InChI=1S/C17H26BrNO/c1-13(2)9-19-10-16(12-20-11-14-6-7-14)15-4-3-5-17(18)8-15/h3-5,8,13-14,16,19H,6-7,9-12H2,1-2H3. The lowest BCUT2D eigenvalue weighted by atomic mass is 10.00. The number of hydrogen-bond acceptors (Lipinski definition) is 2. The molecule has 1 aliphatic carbocycles. The largest absolute Gasteiger partial charge is 0.380 e. The highest BCUT2D eigenvalue weighted by Crippen LogP contribution is 2.29. The van der Waals surface area contributed by atoms with Gasteiger partial charge in [0, 0.05) is 23.5 Å². The number of hydrogen-bond donors (Lipinski definition) is 1. The lowest BCUT2D eigenvalue weighted by Crippen LogP contribution is -2.28. The quantitative estimate of drug-likeness (QED) is 0.727. The fourth-order valence-electron chi connectivity index (χ4n) is 2.24. The van der Waals surface area contributed by atoms with E-state index in [0.29, 0.717) is 11.8 Å². The third-order valence-electron chi connectivity index (χ3n) is 3.63. The first-order valence-electron chi connectivity index (χ1n) is 7.69. The molecule has 0 spiro atoms. The van der Waals surface area contributed by atoms with Crippen LogP contribution in [-0.4, -0.2) is 26.3 Å². The van der Waals surface area contributed by atoms with E-state index in [2.05, 4.69) is 59.4 Å². The van der Waals surface area contributed by atoms with Crippen LogP contribution in [0.15, 0.2) is 28.7 Å². The molecule has 112 valence electrons. The molecule has 1 aromatic rings. The summed E-state index contributed by atoms with van der Waals surface area (Å²) in [6, 6.07) is 8.60. The highest BCUT2D eigenvalue weighted by molar-refractivity contribution is 9.10. The van der Waals surface area contributed by atoms with Crippen LogP contribution in [0.2, 0.25) is 0 Å². The average molecular weight is 340 g/mol. The summed E-state index contributed by atoms with van der Waals surface area (Å²) in [5, 5.41) is 3.56. The van der Waals surface area contributed by atoms with Crippen LogP contribution >= 0.6 is 15.9 Å². The molecule has 1 unspecified atom stereocenters. The first-order valence-corrected chi connectivity index (χ1v) is 8.48. The number of ether oxygens (including phenoxy) is 1. The molecule has 1 atom stereocenters. The highest BCUT2D eigenvalue weighted by atomic mass is 79.9. The first-order chi connectivity index (χ1) is 9.65. The molecular formula is C17H26BrNO. The van der Waals surface area contributed by atoms with E-state index in [9.17, 15) is 0 Å². The minimum atomic E-state index is 0.435. The van der Waals surface area contributed by atoms with E-state index in [1.54, 1.807) is 0 Å². The minimum absolute atomic E-state index is 0.435. The summed E-state index contributed by atoms with van der Waals surface area (Å²) in [5.41, 5.74) is 1.35. The molecule has 2 nitrogen and oxygen atoms in total. The predicted octanol–water partition coefficient (Wildman–Crippen LogP) is 4.20. The van der Waals surface area contributed by atoms with E-state index in [1.165, 1.54) is 18.4 Å². The summed E-state index contributed by atoms with van der Waals surface area (Å²) in [6.45, 7) is 8.29. The zero-order chi connectivity index (χ0) is 14.4. The van der Waals surface area contributed by atoms with E-state index in [0.717, 1.165) is 36.7 Å². The molecule has 1 fully saturated rings. The number of halogens is 1. The lowest BCUT2D eigenvalue weighted by Gasteiger charge is -2.19. The topological polar surface area (TPSA) is 21.3 Å². The third-order valence-corrected chi connectivity index (χ3v) is 4.13. The van der Waals surface area contributed by atoms with Gasteiger partial charge in [0.25, 0.3) is 0 Å². The van der Waals surface area contributed by atoms with Gasteiger partial charge in [0.2, 0.25) is 0 Å². The van der Waals surface area contributed by atoms with Gasteiger partial charge in [-0.15, -0.1) is 0 Å². The predicted molar refractivity (Wildman–Crippen MR) is 88.1 cm³/mol. The Morgan fingerprint density at radius 3 is 2.75 bits per heavy atom. The fourth-order valence-corrected chi connectivity index (χ4v) is 2.66. The second-order valence-corrected chi connectivity index (χ2v) is 7.20. The zero-order valence-corrected chi connectivity index (χ0v) is 14.2. The van der Waals surface area contributed by atoms with Crippen molar-refractivity contribution in [1.82, 2.24) is 5.32 Å². The van der Waals surface area contributed by atoms with Crippen molar-refractivity contribution >= 4 is 15.9 Å². The van der Waals surface area contributed by atoms with Gasteiger partial charge < -0.3 is 10.1 Å². The van der Waals surface area contributed by atoms with E-state index in [4.69, 9.17) is 4.74 Å². The molecule has 0 heterocycles. The Balaban J connectivity index is 1.87. The summed E-state index contributed by atoms with van der Waals surface area (Å²) in [7, 11) is 0. The van der Waals surface area contributed by atoms with Gasteiger partial charge in [-0.3, -0.25) is 0 Å². The Morgan fingerprint density at radius 2 is 2.10 bits per heavy atom. The van der Waals surface area contributed by atoms with Crippen molar-refractivity contribution in [2.45, 2.75) is 32.6 Å². The molecule has 1 saturated carbocycles. The van der Waals surface area contributed by atoms with Crippen LogP contribution in [-0.2, 0) is 4.74 Å². The third kappa shape index (κ3) is 5.94. The Bertz CT molecular complexity index is 396. The monoisotopic (exact) mass is 339 g/mol. The maximum atomic E-state index is 5.92. The smallest absolute Gasteiger partial charge is 0.0547 e. The molecule has 3 heteroatoms. The molecule has 0 bridgehead atoms. The van der Waals surface area contributed by atoms with Crippen molar-refractivity contribution in [1.29, 1.82) is 0 Å². The summed E-state index contributed by atoms with van der Waals surface area (Å²) >= 11 is 3.56. The van der Waals surface area contributed by atoms with Crippen molar-refractivity contribution in [2.75, 3.05) is 26.3 Å². The Morgan fingerprint density at radius 1 is 1.30 bits per heavy atom. The van der Waals surface area contributed by atoms with E-state index in [-0.39, 0.29) is 0 Å². The van der Waals surface area contributed by atoms with Gasteiger partial charge >= 0.3 is 0 Å². The molecular weight excluding hydrogens is 314 g/mol. The summed E-state index contributed by atoms with van der Waals surface area (Å²) in [5.74, 6) is 1.96. The maximum Gasteiger partial charge on any atom is 0.0547 e. The van der Waals surface area contributed by atoms with Gasteiger partial charge in [-0.2, -0.15) is 0 Å². The van der Waals surface area contributed by atoms with Crippen LogP contribution in [0.3, 0.4) is 0 Å². The van der Waals surface area contributed by atoms with Crippen LogP contribution in [0.5, 0.6) is 0 Å². The van der Waals surface area contributed by atoms with Gasteiger partial charge in [0.15, 0.2) is 0 Å². The molecule has 1 aromatic carbocycles. The van der Waals surface area contributed by atoms with Crippen LogP contribution in [0.1, 0.15) is 38.2 Å². The fraction of sp³-hybridized carbons (Fsp3) is 0.647. The van der Waals surface area contributed by atoms with Crippen molar-refractivity contribution in [3.05, 3.63) is 34.3 Å². The average Bonchev–Trinajstić information content (AvgIpc) is 3.20. The number of benzene rings is 1. The van der Waals surface area contributed by atoms with Gasteiger partial charge in [-0.25, -0.2) is 0 Å². The second-order valence-electron chi connectivity index (χ2n) is 6.28. The molecule has 0 radical (unpaired) electrons. The summed E-state index contributed by atoms with van der Waals surface area (Å²) in [6.07, 6.45) is 2.71. The van der Waals surface area contributed by atoms with Gasteiger partial charge in [-0.05, 0) is 48.9 Å². The van der Waals surface area contributed by atoms with Crippen LogP contribution in [0, 0.1) is 11.8 Å². The molecule has 0 aliphatic heterocycles. The van der Waals surface area contributed by atoms with Gasteiger partial charge in [0.05, 0.1) is 6.61 Å². The zero-order valence-electron chi connectivity index (χ0n) is 12.6. The van der Waals surface area contributed by atoms with Crippen molar-refractivity contribution in [3.63, 3.8) is 0 Å². The molecule has 0 saturated heterocycles. The number of rotatable bonds is 9. The normalized spacial score (nSPS) is 16.6. The lowest BCUT2D eigenvalue weighted by molar-refractivity contribution is 0.110. The molecule has 2 rings (SSSR count). The SMILES string of the molecule is CC(C)CNCC(COCC1CC1)c1cccc(Br)c1. The molecule has 0 amide bonds. The van der Waals surface area contributed by atoms with Crippen molar-refractivity contribution in [3.8, 4) is 0 Å². The minimum Gasteiger partial charge on any atom is -0.380 e. The van der Waals surface area contributed by atoms with Gasteiger partial charge in [0.1, 0.15) is 0 Å². The van der Waals surface area contributed by atoms with E-state index >= 15 is 0 Å². The highest BCUT2D eigenvalue weighted by Gasteiger charge is 2.22. The molecule has 1 aliphatic rings. The first kappa shape index (κ1) is 16.0. The molecule has 1 N–H and O–H groups in total. The summed E-state index contributed by atoms with van der Waals surface area (Å²) in [4.78, 5) is 0. The molecule has 0 aromatic heterocycles. The van der Waals surface area contributed by atoms with Crippen molar-refractivity contribution in [2.24, 2.45) is 11.8 Å². The van der Waals surface area contributed by atoms with Crippen LogP contribution in [0.25, 0.3) is 0 Å². The molecule has 20 heavy (non-hydrogen) atoms. The Labute approximate surface area is 131 Å².